The highest BCUT2D eigenvalue weighted by Gasteiger charge is 2.14. The van der Waals surface area contributed by atoms with Gasteiger partial charge in [-0.3, -0.25) is 9.47 Å². The fourth-order valence-electron chi connectivity index (χ4n) is 3.33. The van der Waals surface area contributed by atoms with E-state index in [0.717, 1.165) is 50.3 Å². The molecule has 0 aliphatic carbocycles. The van der Waals surface area contributed by atoms with Crippen molar-refractivity contribution in [3.8, 4) is 0 Å². The van der Waals surface area contributed by atoms with Gasteiger partial charge in [-0.05, 0) is 29.7 Å². The van der Waals surface area contributed by atoms with Crippen LogP contribution < -0.4 is 5.76 Å². The second-order valence-corrected chi connectivity index (χ2v) is 6.44. The Hall–Kier alpha value is -2.37. The third-order valence-corrected chi connectivity index (χ3v) is 4.73. The summed E-state index contributed by atoms with van der Waals surface area (Å²) in [5.41, 5.74) is 3.93. The zero-order chi connectivity index (χ0) is 17.1. The molecule has 4 rings (SSSR count). The van der Waals surface area contributed by atoms with Gasteiger partial charge in [-0.1, -0.05) is 36.4 Å². The topological polar surface area (TPSA) is 47.6 Å². The van der Waals surface area contributed by atoms with Gasteiger partial charge in [-0.15, -0.1) is 0 Å². The van der Waals surface area contributed by atoms with E-state index in [1.165, 1.54) is 5.56 Å². The summed E-state index contributed by atoms with van der Waals surface area (Å²) < 4.78 is 12.6. The van der Waals surface area contributed by atoms with Crippen molar-refractivity contribution in [3.63, 3.8) is 0 Å². The minimum Gasteiger partial charge on any atom is -0.408 e. The fraction of sp³-hybridized carbons (Fsp3) is 0.350. The van der Waals surface area contributed by atoms with Crippen molar-refractivity contribution in [2.75, 3.05) is 32.8 Å². The average Bonchev–Trinajstić information content (AvgIpc) is 2.96. The summed E-state index contributed by atoms with van der Waals surface area (Å²) in [4.78, 5) is 14.6. The Kier molecular flexibility index (Phi) is 4.68. The minimum atomic E-state index is -0.278. The lowest BCUT2D eigenvalue weighted by Gasteiger charge is -2.26. The molecule has 0 radical (unpaired) electrons. The predicted molar refractivity (Wildman–Crippen MR) is 97.0 cm³/mol. The maximum absolute atomic E-state index is 12.2. The van der Waals surface area contributed by atoms with Crippen LogP contribution in [0.5, 0.6) is 0 Å². The van der Waals surface area contributed by atoms with Gasteiger partial charge in [0.1, 0.15) is 0 Å². The maximum Gasteiger partial charge on any atom is 0.419 e. The lowest BCUT2D eigenvalue weighted by atomic mass is 10.0. The molecule has 0 atom stereocenters. The number of fused-ring (bicyclic) bond motifs is 1. The quantitative estimate of drug-likeness (QED) is 0.717. The van der Waals surface area contributed by atoms with Crippen molar-refractivity contribution in [2.24, 2.45) is 0 Å². The summed E-state index contributed by atoms with van der Waals surface area (Å²) in [5.74, 6) is -0.278. The number of benzene rings is 2. The Morgan fingerprint density at radius 1 is 0.920 bits per heavy atom. The SMILES string of the molecule is O=c1oc2cc(Cc3ccccc3)ccc2n1CCN1CCOCC1. The van der Waals surface area contributed by atoms with Crippen molar-refractivity contribution >= 4 is 11.1 Å². The lowest BCUT2D eigenvalue weighted by molar-refractivity contribution is 0.0363. The van der Waals surface area contributed by atoms with Crippen LogP contribution in [0.1, 0.15) is 11.1 Å². The molecule has 1 saturated heterocycles. The van der Waals surface area contributed by atoms with Gasteiger partial charge in [-0.25, -0.2) is 4.79 Å². The zero-order valence-electron chi connectivity index (χ0n) is 14.2. The number of oxazole rings is 1. The standard InChI is InChI=1S/C20H22N2O3/c23-20-22(9-8-21-10-12-24-13-11-21)18-7-6-17(15-19(18)25-20)14-16-4-2-1-3-5-16/h1-7,15H,8-14H2. The van der Waals surface area contributed by atoms with E-state index in [9.17, 15) is 4.79 Å². The molecule has 0 unspecified atom stereocenters. The Morgan fingerprint density at radius 2 is 1.72 bits per heavy atom. The molecule has 1 aliphatic rings. The van der Waals surface area contributed by atoms with Crippen molar-refractivity contribution in [2.45, 2.75) is 13.0 Å². The monoisotopic (exact) mass is 338 g/mol. The van der Waals surface area contributed by atoms with Gasteiger partial charge in [-0.2, -0.15) is 0 Å². The number of ether oxygens (including phenoxy) is 1. The van der Waals surface area contributed by atoms with E-state index in [4.69, 9.17) is 9.15 Å². The molecule has 0 amide bonds. The highest BCUT2D eigenvalue weighted by Crippen LogP contribution is 2.18. The van der Waals surface area contributed by atoms with Crippen LogP contribution in [0.2, 0.25) is 0 Å². The molecule has 130 valence electrons. The summed E-state index contributed by atoms with van der Waals surface area (Å²) >= 11 is 0. The van der Waals surface area contributed by atoms with Crippen LogP contribution in [0, 0.1) is 0 Å². The molecule has 1 fully saturated rings. The van der Waals surface area contributed by atoms with Crippen LogP contribution in [0.25, 0.3) is 11.1 Å². The molecule has 2 aromatic carbocycles. The summed E-state index contributed by atoms with van der Waals surface area (Å²) in [6.07, 6.45) is 0.833. The molecule has 5 nitrogen and oxygen atoms in total. The Bertz CT molecular complexity index is 892. The number of aromatic nitrogens is 1. The first-order valence-electron chi connectivity index (χ1n) is 8.76. The van der Waals surface area contributed by atoms with Crippen molar-refractivity contribution in [1.29, 1.82) is 0 Å². The molecule has 0 bridgehead atoms. The second-order valence-electron chi connectivity index (χ2n) is 6.44. The first kappa shape index (κ1) is 16.1. The van der Waals surface area contributed by atoms with E-state index < -0.39 is 0 Å². The molecule has 0 saturated carbocycles. The Labute approximate surface area is 146 Å². The van der Waals surface area contributed by atoms with Crippen molar-refractivity contribution < 1.29 is 9.15 Å². The van der Waals surface area contributed by atoms with Gasteiger partial charge in [0.25, 0.3) is 0 Å². The molecule has 5 heteroatoms. The minimum absolute atomic E-state index is 0.278. The van der Waals surface area contributed by atoms with Crippen LogP contribution >= 0.6 is 0 Å². The third-order valence-electron chi connectivity index (χ3n) is 4.73. The van der Waals surface area contributed by atoms with Gasteiger partial charge < -0.3 is 9.15 Å². The molecule has 2 heterocycles. The first-order chi connectivity index (χ1) is 12.3. The lowest BCUT2D eigenvalue weighted by Crippen LogP contribution is -2.38. The zero-order valence-corrected chi connectivity index (χ0v) is 14.2. The van der Waals surface area contributed by atoms with Crippen LogP contribution in [-0.4, -0.2) is 42.3 Å². The first-order valence-corrected chi connectivity index (χ1v) is 8.76. The van der Waals surface area contributed by atoms with E-state index in [1.54, 1.807) is 4.57 Å². The summed E-state index contributed by atoms with van der Waals surface area (Å²) in [7, 11) is 0. The second kappa shape index (κ2) is 7.25. The van der Waals surface area contributed by atoms with Gasteiger partial charge in [0.05, 0.1) is 18.7 Å². The molecule has 0 spiro atoms. The van der Waals surface area contributed by atoms with Gasteiger partial charge >= 0.3 is 5.76 Å². The largest absolute Gasteiger partial charge is 0.419 e. The van der Waals surface area contributed by atoms with Gasteiger partial charge in [0.2, 0.25) is 0 Å². The third kappa shape index (κ3) is 3.67. The van der Waals surface area contributed by atoms with E-state index >= 15 is 0 Å². The number of hydrogen-bond acceptors (Lipinski definition) is 4. The molecule has 0 N–H and O–H groups in total. The van der Waals surface area contributed by atoms with E-state index in [1.807, 2.05) is 30.3 Å². The molecular formula is C20H22N2O3. The van der Waals surface area contributed by atoms with Crippen molar-refractivity contribution in [3.05, 3.63) is 70.2 Å². The number of nitrogens with zero attached hydrogens (tertiary/aromatic N) is 2. The van der Waals surface area contributed by atoms with E-state index in [2.05, 4.69) is 23.1 Å². The average molecular weight is 338 g/mol. The fourth-order valence-corrected chi connectivity index (χ4v) is 3.33. The smallest absolute Gasteiger partial charge is 0.408 e. The summed E-state index contributed by atoms with van der Waals surface area (Å²) in [5, 5.41) is 0. The molecular weight excluding hydrogens is 316 g/mol. The van der Waals surface area contributed by atoms with Crippen molar-refractivity contribution in [1.82, 2.24) is 9.47 Å². The molecule has 25 heavy (non-hydrogen) atoms. The van der Waals surface area contributed by atoms with Crippen LogP contribution in [0.3, 0.4) is 0 Å². The van der Waals surface area contributed by atoms with E-state index in [-0.39, 0.29) is 5.76 Å². The molecule has 3 aromatic rings. The number of rotatable bonds is 5. The molecule has 1 aliphatic heterocycles. The van der Waals surface area contributed by atoms with Crippen LogP contribution in [0.15, 0.2) is 57.7 Å². The molecule has 1 aromatic heterocycles. The number of hydrogen-bond donors (Lipinski definition) is 0. The van der Waals surface area contributed by atoms with Gasteiger partial charge in [0.15, 0.2) is 5.58 Å². The Balaban J connectivity index is 1.52. The van der Waals surface area contributed by atoms with Crippen LogP contribution in [-0.2, 0) is 17.7 Å². The van der Waals surface area contributed by atoms with Gasteiger partial charge in [0, 0.05) is 26.2 Å². The normalized spacial score (nSPS) is 15.7. The van der Waals surface area contributed by atoms with E-state index in [0.29, 0.717) is 12.1 Å². The summed E-state index contributed by atoms with van der Waals surface area (Å²) in [6, 6.07) is 16.4. The summed E-state index contributed by atoms with van der Waals surface area (Å²) in [6.45, 7) is 4.86. The maximum atomic E-state index is 12.2. The predicted octanol–water partition coefficient (Wildman–Crippen LogP) is 2.52. The number of morpholine rings is 1. The van der Waals surface area contributed by atoms with Crippen LogP contribution in [0.4, 0.5) is 0 Å². The Morgan fingerprint density at radius 3 is 2.52 bits per heavy atom. The highest BCUT2D eigenvalue weighted by molar-refractivity contribution is 5.73. The highest BCUT2D eigenvalue weighted by atomic mass is 16.5.